The van der Waals surface area contributed by atoms with Crippen molar-refractivity contribution in [1.29, 1.82) is 0 Å². The summed E-state index contributed by atoms with van der Waals surface area (Å²) in [5.41, 5.74) is 1.43. The maximum absolute atomic E-state index is 12.4. The number of rotatable bonds is 6. The number of allylic oxidation sites excluding steroid dienone is 2. The normalized spacial score (nSPS) is 21.2. The van der Waals surface area contributed by atoms with Gasteiger partial charge in [-0.15, -0.1) is 0 Å². The van der Waals surface area contributed by atoms with Gasteiger partial charge in [-0.3, -0.25) is 19.3 Å². The largest absolute Gasteiger partial charge is 0.493 e. The van der Waals surface area contributed by atoms with E-state index >= 15 is 0 Å². The Labute approximate surface area is 158 Å². The average Bonchev–Trinajstić information content (AvgIpc) is 2.92. The topological polar surface area (TPSA) is 84.9 Å². The molecule has 0 spiro atoms. The molecule has 7 heteroatoms. The van der Waals surface area contributed by atoms with Crippen LogP contribution in [-0.2, 0) is 14.4 Å². The first-order chi connectivity index (χ1) is 13.0. The molecule has 0 saturated carbocycles. The van der Waals surface area contributed by atoms with Crippen molar-refractivity contribution in [2.75, 3.05) is 26.1 Å². The fraction of sp³-hybridized carbons (Fsp3) is 0.450. The molecule has 0 radical (unpaired) electrons. The molecule has 1 N–H and O–H groups in total. The summed E-state index contributed by atoms with van der Waals surface area (Å²) >= 11 is 0. The highest BCUT2D eigenvalue weighted by Crippen LogP contribution is 2.35. The first kappa shape index (κ1) is 18.9. The van der Waals surface area contributed by atoms with Gasteiger partial charge in [0.15, 0.2) is 11.5 Å². The molecule has 7 nitrogen and oxygen atoms in total. The second-order valence-electron chi connectivity index (χ2n) is 6.80. The van der Waals surface area contributed by atoms with E-state index in [2.05, 4.69) is 5.32 Å². The van der Waals surface area contributed by atoms with E-state index in [1.165, 1.54) is 12.0 Å². The second-order valence-corrected chi connectivity index (χ2v) is 6.80. The van der Waals surface area contributed by atoms with Crippen molar-refractivity contribution in [1.82, 2.24) is 4.90 Å². The predicted molar refractivity (Wildman–Crippen MR) is 99.6 cm³/mol. The van der Waals surface area contributed by atoms with Gasteiger partial charge in [-0.2, -0.15) is 0 Å². The third kappa shape index (κ3) is 3.67. The van der Waals surface area contributed by atoms with E-state index < -0.39 is 0 Å². The maximum Gasteiger partial charge on any atom is 0.233 e. The number of anilines is 1. The molecular formula is C20H24N2O5. The van der Waals surface area contributed by atoms with E-state index in [0.29, 0.717) is 30.0 Å². The van der Waals surface area contributed by atoms with Gasteiger partial charge in [-0.05, 0) is 31.4 Å². The molecule has 1 aliphatic carbocycles. The number of hydrogen-bond donors (Lipinski definition) is 1. The number of carbonyl (C=O) groups excluding carboxylic acids is 3. The van der Waals surface area contributed by atoms with Gasteiger partial charge >= 0.3 is 0 Å². The van der Waals surface area contributed by atoms with Gasteiger partial charge in [0.05, 0.1) is 26.1 Å². The summed E-state index contributed by atoms with van der Waals surface area (Å²) in [5, 5.41) is 2.82. The smallest absolute Gasteiger partial charge is 0.233 e. The van der Waals surface area contributed by atoms with Crippen LogP contribution >= 0.6 is 0 Å². The lowest BCUT2D eigenvalue weighted by atomic mass is 9.85. The molecule has 1 saturated heterocycles. The summed E-state index contributed by atoms with van der Waals surface area (Å²) < 4.78 is 10.5. The van der Waals surface area contributed by atoms with Gasteiger partial charge in [0.25, 0.3) is 0 Å². The fourth-order valence-electron chi connectivity index (χ4n) is 3.63. The van der Waals surface area contributed by atoms with Gasteiger partial charge in [0.1, 0.15) is 0 Å². The molecule has 1 aromatic carbocycles. The van der Waals surface area contributed by atoms with Crippen molar-refractivity contribution < 1.29 is 23.9 Å². The molecule has 0 aromatic heterocycles. The maximum atomic E-state index is 12.4. The highest BCUT2D eigenvalue weighted by Gasteiger charge is 2.46. The van der Waals surface area contributed by atoms with Crippen molar-refractivity contribution in [3.63, 3.8) is 0 Å². The molecule has 1 fully saturated rings. The average molecular weight is 372 g/mol. The first-order valence-corrected chi connectivity index (χ1v) is 8.99. The van der Waals surface area contributed by atoms with Crippen LogP contribution in [0.5, 0.6) is 11.5 Å². The standard InChI is InChI=1S/C20H24N2O5/c1-12-10-16(26-2)17(27-3)11-15(12)21-18(23)8-9-22-19(24)13-6-4-5-7-14(13)20(22)25/h4-5,10-11,13-14H,6-9H2,1-3H3,(H,21,23)/t13-,14-/m0/s1. The third-order valence-corrected chi connectivity index (χ3v) is 5.17. The Bertz CT molecular complexity index is 776. The zero-order valence-electron chi connectivity index (χ0n) is 15.8. The summed E-state index contributed by atoms with van der Waals surface area (Å²) in [6.07, 6.45) is 5.15. The highest BCUT2D eigenvalue weighted by molar-refractivity contribution is 6.05. The molecule has 3 rings (SSSR count). The van der Waals surface area contributed by atoms with Crippen LogP contribution in [0.25, 0.3) is 0 Å². The van der Waals surface area contributed by atoms with Gasteiger partial charge in [0, 0.05) is 24.7 Å². The van der Waals surface area contributed by atoms with Gasteiger partial charge < -0.3 is 14.8 Å². The van der Waals surface area contributed by atoms with E-state index in [-0.39, 0.29) is 42.5 Å². The molecule has 1 heterocycles. The highest BCUT2D eigenvalue weighted by atomic mass is 16.5. The number of nitrogens with one attached hydrogen (secondary N) is 1. The fourth-order valence-corrected chi connectivity index (χ4v) is 3.63. The number of hydrogen-bond acceptors (Lipinski definition) is 5. The van der Waals surface area contributed by atoms with Crippen LogP contribution in [-0.4, -0.2) is 43.4 Å². The van der Waals surface area contributed by atoms with Gasteiger partial charge in [-0.1, -0.05) is 12.2 Å². The Morgan fingerprint density at radius 2 is 1.63 bits per heavy atom. The SMILES string of the molecule is COc1cc(C)c(NC(=O)CCN2C(=O)[C@H]3CC=CC[C@@H]3C2=O)cc1OC. The van der Waals surface area contributed by atoms with E-state index in [9.17, 15) is 14.4 Å². The van der Waals surface area contributed by atoms with E-state index in [1.54, 1.807) is 19.2 Å². The number of nitrogens with zero attached hydrogens (tertiary/aromatic N) is 1. The number of methoxy groups -OCH3 is 2. The third-order valence-electron chi connectivity index (χ3n) is 5.17. The minimum atomic E-state index is -0.265. The Morgan fingerprint density at radius 1 is 1.07 bits per heavy atom. The van der Waals surface area contributed by atoms with E-state index in [4.69, 9.17) is 9.47 Å². The number of fused-ring (bicyclic) bond motifs is 1. The lowest BCUT2D eigenvalue weighted by Gasteiger charge is -2.16. The molecule has 1 aliphatic heterocycles. The summed E-state index contributed by atoms with van der Waals surface area (Å²) in [6.45, 7) is 1.95. The van der Waals surface area contributed by atoms with E-state index in [0.717, 1.165) is 5.56 Å². The van der Waals surface area contributed by atoms with Gasteiger partial charge in [0.2, 0.25) is 17.7 Å². The van der Waals surface area contributed by atoms with Crippen LogP contribution in [0.4, 0.5) is 5.69 Å². The second kappa shape index (κ2) is 7.82. The van der Waals surface area contributed by atoms with Crippen molar-refractivity contribution in [3.05, 3.63) is 29.8 Å². The minimum absolute atomic E-state index is 0.0537. The molecule has 2 atom stereocenters. The molecule has 3 amide bonds. The van der Waals surface area contributed by atoms with Crippen LogP contribution in [0.15, 0.2) is 24.3 Å². The van der Waals surface area contributed by atoms with Crippen LogP contribution in [0, 0.1) is 18.8 Å². The van der Waals surface area contributed by atoms with Crippen molar-refractivity contribution in [2.45, 2.75) is 26.2 Å². The number of imide groups is 1. The van der Waals surface area contributed by atoms with E-state index in [1.807, 2.05) is 19.1 Å². The Kier molecular flexibility index (Phi) is 5.48. The van der Waals surface area contributed by atoms with Crippen molar-refractivity contribution >= 4 is 23.4 Å². The van der Waals surface area contributed by atoms with Crippen LogP contribution in [0.2, 0.25) is 0 Å². The Morgan fingerprint density at radius 3 is 2.19 bits per heavy atom. The zero-order chi connectivity index (χ0) is 19.6. The molecular weight excluding hydrogens is 348 g/mol. The molecule has 0 bridgehead atoms. The predicted octanol–water partition coefficient (Wildman–Crippen LogP) is 2.29. The quantitative estimate of drug-likeness (QED) is 0.612. The van der Waals surface area contributed by atoms with Crippen molar-refractivity contribution in [2.24, 2.45) is 11.8 Å². The van der Waals surface area contributed by atoms with Gasteiger partial charge in [-0.25, -0.2) is 0 Å². The number of benzene rings is 1. The molecule has 2 aliphatic rings. The number of likely N-dealkylation sites (tertiary alicyclic amines) is 1. The summed E-state index contributed by atoms with van der Waals surface area (Å²) in [6, 6.07) is 3.47. The van der Waals surface area contributed by atoms with Crippen molar-refractivity contribution in [3.8, 4) is 11.5 Å². The number of ether oxygens (including phenoxy) is 2. The molecule has 1 aromatic rings. The summed E-state index contributed by atoms with van der Waals surface area (Å²) in [4.78, 5) is 38.5. The Balaban J connectivity index is 1.62. The lowest BCUT2D eigenvalue weighted by molar-refractivity contribution is -0.140. The number of amides is 3. The van der Waals surface area contributed by atoms with Crippen LogP contribution in [0.1, 0.15) is 24.8 Å². The number of aryl methyl sites for hydroxylation is 1. The Hall–Kier alpha value is -2.83. The zero-order valence-corrected chi connectivity index (χ0v) is 15.8. The molecule has 0 unspecified atom stereocenters. The lowest BCUT2D eigenvalue weighted by Crippen LogP contribution is -2.34. The summed E-state index contributed by atoms with van der Waals surface area (Å²) in [7, 11) is 3.07. The number of carbonyl (C=O) groups is 3. The summed E-state index contributed by atoms with van der Waals surface area (Å²) in [5.74, 6) is -0.0255. The molecule has 144 valence electrons. The molecule has 27 heavy (non-hydrogen) atoms. The minimum Gasteiger partial charge on any atom is -0.493 e. The van der Waals surface area contributed by atoms with Crippen LogP contribution in [0.3, 0.4) is 0 Å². The monoisotopic (exact) mass is 372 g/mol. The van der Waals surface area contributed by atoms with Crippen LogP contribution < -0.4 is 14.8 Å². The first-order valence-electron chi connectivity index (χ1n) is 8.99.